The van der Waals surface area contributed by atoms with Gasteiger partial charge in [-0.15, -0.1) is 21.5 Å². The number of aryl methyl sites for hydroxylation is 1. The van der Waals surface area contributed by atoms with Gasteiger partial charge in [0.25, 0.3) is 5.56 Å². The summed E-state index contributed by atoms with van der Waals surface area (Å²) in [5.41, 5.74) is 2.62. The molecule has 1 aliphatic rings. The van der Waals surface area contributed by atoms with Crippen molar-refractivity contribution in [2.24, 2.45) is 5.92 Å². The van der Waals surface area contributed by atoms with Crippen molar-refractivity contribution in [3.8, 4) is 5.69 Å². The van der Waals surface area contributed by atoms with Gasteiger partial charge in [0, 0.05) is 17.1 Å². The van der Waals surface area contributed by atoms with Crippen LogP contribution in [0.1, 0.15) is 29.9 Å². The molecule has 0 unspecified atom stereocenters. The topological polar surface area (TPSA) is 102 Å². The molecule has 4 heterocycles. The number of ether oxygens (including phenoxy) is 1. The minimum atomic E-state index is -1.19. The van der Waals surface area contributed by atoms with Crippen LogP contribution in [-0.2, 0) is 22.6 Å². The molecule has 32 heavy (non-hydrogen) atoms. The standard InChI is InChI=1S/C22H22N4O4S2/c1-11(2)15-8-14-16(9-30-15)32-20-18(14)19(29)25(13-6-4-12(3)5-7-13)21-23-24-22(26(20)21)31-10-17(27)28/h4-7,11,15H,8-10H2,1-3H3,(H,27,28)/p-1/t15-/m0/s1. The zero-order chi connectivity index (χ0) is 22.6. The molecular formula is C22H21N4O4S2-. The smallest absolute Gasteiger partial charge is 0.268 e. The molecule has 0 aliphatic carbocycles. The highest BCUT2D eigenvalue weighted by atomic mass is 32.2. The van der Waals surface area contributed by atoms with Gasteiger partial charge in [-0.2, -0.15) is 0 Å². The molecule has 0 radical (unpaired) electrons. The van der Waals surface area contributed by atoms with Gasteiger partial charge in [0.15, 0.2) is 5.16 Å². The van der Waals surface area contributed by atoms with E-state index in [1.165, 1.54) is 11.3 Å². The van der Waals surface area contributed by atoms with E-state index >= 15 is 0 Å². The maximum Gasteiger partial charge on any atom is 0.268 e. The number of aliphatic carboxylic acids is 1. The molecule has 1 aliphatic heterocycles. The zero-order valence-corrected chi connectivity index (χ0v) is 19.5. The number of rotatable bonds is 5. The predicted molar refractivity (Wildman–Crippen MR) is 122 cm³/mol. The monoisotopic (exact) mass is 469 g/mol. The van der Waals surface area contributed by atoms with Crippen LogP contribution in [0.15, 0.2) is 34.2 Å². The van der Waals surface area contributed by atoms with E-state index < -0.39 is 5.97 Å². The second kappa shape index (κ2) is 8.02. The highest BCUT2D eigenvalue weighted by Crippen LogP contribution is 2.37. The van der Waals surface area contributed by atoms with Crippen molar-refractivity contribution in [2.45, 2.75) is 45.1 Å². The van der Waals surface area contributed by atoms with Crippen molar-refractivity contribution in [1.82, 2.24) is 19.2 Å². The molecule has 0 saturated carbocycles. The Hall–Kier alpha value is -2.69. The largest absolute Gasteiger partial charge is 0.549 e. The van der Waals surface area contributed by atoms with Crippen LogP contribution in [0.5, 0.6) is 0 Å². The van der Waals surface area contributed by atoms with E-state index in [0.29, 0.717) is 41.0 Å². The number of thiophene rings is 1. The number of carboxylic acids is 1. The molecule has 1 aromatic carbocycles. The Morgan fingerprint density at radius 2 is 2.06 bits per heavy atom. The van der Waals surface area contributed by atoms with Crippen molar-refractivity contribution < 1.29 is 14.6 Å². The second-order valence-electron chi connectivity index (χ2n) is 8.24. The first-order valence-electron chi connectivity index (χ1n) is 10.3. The van der Waals surface area contributed by atoms with E-state index in [2.05, 4.69) is 24.0 Å². The molecule has 0 fully saturated rings. The van der Waals surface area contributed by atoms with Crippen LogP contribution in [0.25, 0.3) is 21.7 Å². The molecule has 4 aromatic rings. The molecule has 1 atom stereocenters. The van der Waals surface area contributed by atoms with Crippen LogP contribution < -0.4 is 10.7 Å². The number of benzene rings is 1. The van der Waals surface area contributed by atoms with Crippen molar-refractivity contribution >= 4 is 45.1 Å². The molecule has 0 saturated heterocycles. The average molecular weight is 470 g/mol. The number of aromatic nitrogens is 4. The number of carbonyl (C=O) groups is 1. The molecule has 5 rings (SSSR count). The molecule has 166 valence electrons. The highest BCUT2D eigenvalue weighted by Gasteiger charge is 2.30. The highest BCUT2D eigenvalue weighted by molar-refractivity contribution is 7.99. The summed E-state index contributed by atoms with van der Waals surface area (Å²) in [6.07, 6.45) is 0.696. The van der Waals surface area contributed by atoms with Crippen LogP contribution in [0.3, 0.4) is 0 Å². The SMILES string of the molecule is Cc1ccc(-n2c(=O)c3c4c(sc3n3c(SCC(=O)[O-])nnc23)CO[C@H](C(C)C)C4)cc1. The zero-order valence-electron chi connectivity index (χ0n) is 17.8. The molecule has 0 N–H and O–H groups in total. The number of hydrogen-bond donors (Lipinski definition) is 0. The fourth-order valence-corrected chi connectivity index (χ4v) is 5.96. The third-order valence-corrected chi connectivity index (χ3v) is 7.79. The Morgan fingerprint density at radius 3 is 2.75 bits per heavy atom. The van der Waals surface area contributed by atoms with Crippen LogP contribution >= 0.6 is 23.1 Å². The van der Waals surface area contributed by atoms with Gasteiger partial charge in [-0.05, 0) is 30.5 Å². The van der Waals surface area contributed by atoms with E-state index in [0.717, 1.165) is 32.6 Å². The second-order valence-corrected chi connectivity index (χ2v) is 10.3. The summed E-state index contributed by atoms with van der Waals surface area (Å²) in [6.45, 7) is 6.66. The number of hydrogen-bond acceptors (Lipinski definition) is 8. The number of thioether (sulfide) groups is 1. The Labute approximate surface area is 191 Å². The lowest BCUT2D eigenvalue weighted by Crippen LogP contribution is -2.28. The fraction of sp³-hybridized carbons (Fsp3) is 0.364. The molecule has 0 spiro atoms. The van der Waals surface area contributed by atoms with Crippen LogP contribution in [0.2, 0.25) is 0 Å². The average Bonchev–Trinajstić information content (AvgIpc) is 3.34. The molecule has 10 heteroatoms. The van der Waals surface area contributed by atoms with Gasteiger partial charge in [0.2, 0.25) is 5.78 Å². The Kier molecular flexibility index (Phi) is 5.31. The summed E-state index contributed by atoms with van der Waals surface area (Å²) in [6, 6.07) is 7.64. The number of nitrogens with zero attached hydrogens (tertiary/aromatic N) is 4. The lowest BCUT2D eigenvalue weighted by molar-refractivity contribution is -0.301. The van der Waals surface area contributed by atoms with Gasteiger partial charge >= 0.3 is 0 Å². The van der Waals surface area contributed by atoms with Crippen molar-refractivity contribution in [1.29, 1.82) is 0 Å². The fourth-order valence-electron chi connectivity index (χ4n) is 4.01. The third kappa shape index (κ3) is 3.42. The first-order chi connectivity index (χ1) is 15.3. The summed E-state index contributed by atoms with van der Waals surface area (Å²) >= 11 is 2.52. The molecule has 0 bridgehead atoms. The van der Waals surface area contributed by atoms with E-state index in [1.54, 1.807) is 8.97 Å². The maximum absolute atomic E-state index is 13.8. The van der Waals surface area contributed by atoms with Crippen molar-refractivity contribution in [3.63, 3.8) is 0 Å². The first-order valence-corrected chi connectivity index (χ1v) is 12.1. The van der Waals surface area contributed by atoms with Gasteiger partial charge in [0.05, 0.1) is 29.8 Å². The minimum absolute atomic E-state index is 0.0380. The number of fused-ring (bicyclic) bond motifs is 5. The summed E-state index contributed by atoms with van der Waals surface area (Å²) < 4.78 is 9.39. The normalized spacial score (nSPS) is 16.2. The predicted octanol–water partition coefficient (Wildman–Crippen LogP) is 2.34. The Bertz CT molecular complexity index is 1400. The Balaban J connectivity index is 1.83. The first kappa shape index (κ1) is 21.2. The molecule has 0 amide bonds. The number of carboxylic acid groups (broad SMARTS) is 1. The van der Waals surface area contributed by atoms with Gasteiger partial charge < -0.3 is 14.6 Å². The summed E-state index contributed by atoms with van der Waals surface area (Å²) in [5, 5.41) is 20.6. The third-order valence-electron chi connectivity index (χ3n) is 5.70. The van der Waals surface area contributed by atoms with E-state index in [9.17, 15) is 14.7 Å². The van der Waals surface area contributed by atoms with Gasteiger partial charge in [-0.1, -0.05) is 43.3 Å². The van der Waals surface area contributed by atoms with Gasteiger partial charge in [-0.25, -0.2) is 8.97 Å². The summed E-state index contributed by atoms with van der Waals surface area (Å²) in [7, 11) is 0. The van der Waals surface area contributed by atoms with Crippen molar-refractivity contribution in [3.05, 3.63) is 50.6 Å². The summed E-state index contributed by atoms with van der Waals surface area (Å²) in [5.74, 6) is -0.763. The lowest BCUT2D eigenvalue weighted by atomic mass is 9.96. The van der Waals surface area contributed by atoms with Crippen molar-refractivity contribution in [2.75, 3.05) is 5.75 Å². The Morgan fingerprint density at radius 1 is 1.31 bits per heavy atom. The van der Waals surface area contributed by atoms with E-state index in [1.807, 2.05) is 31.2 Å². The van der Waals surface area contributed by atoms with E-state index in [4.69, 9.17) is 4.74 Å². The van der Waals surface area contributed by atoms with E-state index in [-0.39, 0.29) is 17.4 Å². The lowest BCUT2D eigenvalue weighted by Gasteiger charge is -2.26. The van der Waals surface area contributed by atoms with Gasteiger partial charge in [-0.3, -0.25) is 4.79 Å². The molecular weight excluding hydrogens is 448 g/mol. The van der Waals surface area contributed by atoms with Crippen LogP contribution in [-0.4, -0.2) is 37.0 Å². The summed E-state index contributed by atoms with van der Waals surface area (Å²) in [4.78, 5) is 26.7. The minimum Gasteiger partial charge on any atom is -0.549 e. The number of carbonyl (C=O) groups excluding carboxylic acids is 1. The molecule has 8 nitrogen and oxygen atoms in total. The molecule has 3 aromatic heterocycles. The van der Waals surface area contributed by atoms with Crippen LogP contribution in [0.4, 0.5) is 0 Å². The van der Waals surface area contributed by atoms with Crippen LogP contribution in [0, 0.1) is 12.8 Å². The maximum atomic E-state index is 13.8. The van der Waals surface area contributed by atoms with Gasteiger partial charge in [0.1, 0.15) is 4.83 Å². The quantitative estimate of drug-likeness (QED) is 0.414.